The van der Waals surface area contributed by atoms with Gasteiger partial charge in [0, 0.05) is 30.8 Å². The van der Waals surface area contributed by atoms with Crippen LogP contribution in [0.1, 0.15) is 35.2 Å². The summed E-state index contributed by atoms with van der Waals surface area (Å²) in [5, 5.41) is 0. The van der Waals surface area contributed by atoms with E-state index in [1.54, 1.807) is 6.07 Å². The molecule has 4 aromatic rings. The Hall–Kier alpha value is -3.87. The summed E-state index contributed by atoms with van der Waals surface area (Å²) in [4.78, 5) is 20.0. The number of carbonyl (C=O) groups is 1. The molecule has 1 aromatic heterocycles. The van der Waals surface area contributed by atoms with Gasteiger partial charge in [-0.25, -0.2) is 9.37 Å². The molecule has 172 valence electrons. The molecule has 0 N–H and O–H groups in total. The van der Waals surface area contributed by atoms with Gasteiger partial charge in [-0.1, -0.05) is 12.1 Å². The van der Waals surface area contributed by atoms with E-state index in [9.17, 15) is 9.18 Å². The Kier molecular flexibility index (Phi) is 5.17. The van der Waals surface area contributed by atoms with Crippen LogP contribution in [0, 0.1) is 5.82 Å². The van der Waals surface area contributed by atoms with Crippen molar-refractivity contribution in [2.24, 2.45) is 0 Å². The molecule has 6 rings (SSSR count). The second-order valence-electron chi connectivity index (χ2n) is 8.78. The number of fused-ring (bicyclic) bond motifs is 2. The number of piperidine rings is 1. The minimum Gasteiger partial charge on any atom is -0.454 e. The Balaban J connectivity index is 1.47. The molecule has 0 saturated carbocycles. The van der Waals surface area contributed by atoms with Crippen molar-refractivity contribution in [2.45, 2.75) is 25.8 Å². The van der Waals surface area contributed by atoms with Crippen LogP contribution in [0.25, 0.3) is 22.4 Å². The number of likely N-dealkylation sites (tertiary alicyclic amines) is 1. The van der Waals surface area contributed by atoms with Gasteiger partial charge in [-0.15, -0.1) is 0 Å². The van der Waals surface area contributed by atoms with Crippen LogP contribution in [0.5, 0.6) is 11.5 Å². The zero-order chi connectivity index (χ0) is 23.1. The molecule has 0 aliphatic carbocycles. The Morgan fingerprint density at radius 1 is 0.941 bits per heavy atom. The number of carbonyl (C=O) groups excluding carboxylic acids is 1. The number of ether oxygens (including phenoxy) is 2. The molecule has 0 bridgehead atoms. The first kappa shape index (κ1) is 20.7. The summed E-state index contributed by atoms with van der Waals surface area (Å²) in [6.07, 6.45) is 3.25. The maximum atomic E-state index is 14.0. The average molecular weight is 458 g/mol. The third-order valence-corrected chi connectivity index (χ3v) is 6.50. The van der Waals surface area contributed by atoms with E-state index in [2.05, 4.69) is 0 Å². The van der Waals surface area contributed by atoms with Crippen molar-refractivity contribution in [2.75, 3.05) is 19.9 Å². The van der Waals surface area contributed by atoms with Gasteiger partial charge in [-0.05, 0) is 73.4 Å². The van der Waals surface area contributed by atoms with Gasteiger partial charge < -0.3 is 18.9 Å². The lowest BCUT2D eigenvalue weighted by Gasteiger charge is -2.26. The molecule has 0 atom stereocenters. The van der Waals surface area contributed by atoms with Crippen molar-refractivity contribution in [3.8, 4) is 22.9 Å². The Bertz CT molecular complexity index is 1390. The zero-order valence-electron chi connectivity index (χ0n) is 18.7. The molecule has 0 unspecified atom stereocenters. The van der Waals surface area contributed by atoms with E-state index >= 15 is 0 Å². The van der Waals surface area contributed by atoms with E-state index in [0.717, 1.165) is 53.9 Å². The van der Waals surface area contributed by atoms with Crippen LogP contribution in [0.3, 0.4) is 0 Å². The lowest BCUT2D eigenvalue weighted by atomic mass is 10.1. The van der Waals surface area contributed by atoms with Crippen LogP contribution in [-0.2, 0) is 6.54 Å². The van der Waals surface area contributed by atoms with E-state index in [0.29, 0.717) is 23.6 Å². The van der Waals surface area contributed by atoms with Gasteiger partial charge in [0.1, 0.15) is 11.6 Å². The van der Waals surface area contributed by atoms with Crippen molar-refractivity contribution in [1.29, 1.82) is 0 Å². The summed E-state index contributed by atoms with van der Waals surface area (Å²) in [6, 6.07) is 17.9. The third kappa shape index (κ3) is 3.77. The molecule has 0 spiro atoms. The number of hydrogen-bond acceptors (Lipinski definition) is 4. The van der Waals surface area contributed by atoms with E-state index in [1.807, 2.05) is 51.9 Å². The normalized spacial score (nSPS) is 15.1. The first-order chi connectivity index (χ1) is 16.7. The predicted octanol–water partition coefficient (Wildman–Crippen LogP) is 5.25. The van der Waals surface area contributed by atoms with Crippen LogP contribution < -0.4 is 9.47 Å². The molecule has 3 aromatic carbocycles. The first-order valence-corrected chi connectivity index (χ1v) is 11.6. The molecular weight excluding hydrogens is 433 g/mol. The lowest BCUT2D eigenvalue weighted by molar-refractivity contribution is 0.0724. The summed E-state index contributed by atoms with van der Waals surface area (Å²) in [5.41, 5.74) is 3.93. The lowest BCUT2D eigenvalue weighted by Crippen LogP contribution is -2.35. The third-order valence-electron chi connectivity index (χ3n) is 6.50. The molecule has 6 nitrogen and oxygen atoms in total. The monoisotopic (exact) mass is 457 g/mol. The predicted molar refractivity (Wildman–Crippen MR) is 127 cm³/mol. The highest BCUT2D eigenvalue weighted by atomic mass is 19.1. The molecule has 3 heterocycles. The van der Waals surface area contributed by atoms with Crippen molar-refractivity contribution in [3.05, 3.63) is 77.6 Å². The number of rotatable bonds is 4. The minimum atomic E-state index is -0.285. The standard InChI is InChI=1S/C27H24FN3O3/c28-21-6-4-5-18(13-21)16-31-23-14-20(27(32)30-11-2-1-3-12-30)7-9-22(23)29-26(31)19-8-10-24-25(15-19)34-17-33-24/h4-10,13-15H,1-3,11-12,16-17H2. The fourth-order valence-corrected chi connectivity index (χ4v) is 4.77. The molecule has 2 aliphatic heterocycles. The molecule has 7 heteroatoms. The van der Waals surface area contributed by atoms with Crippen LogP contribution in [0.15, 0.2) is 60.7 Å². The van der Waals surface area contributed by atoms with E-state index in [-0.39, 0.29) is 18.5 Å². The Morgan fingerprint density at radius 2 is 1.79 bits per heavy atom. The van der Waals surface area contributed by atoms with Crippen LogP contribution in [0.4, 0.5) is 4.39 Å². The number of aromatic nitrogens is 2. The number of halogens is 1. The van der Waals surface area contributed by atoms with E-state index < -0.39 is 0 Å². The molecule has 0 radical (unpaired) electrons. The summed E-state index contributed by atoms with van der Waals surface area (Å²) in [7, 11) is 0. The van der Waals surface area contributed by atoms with Crippen molar-refractivity contribution in [1.82, 2.24) is 14.5 Å². The number of hydrogen-bond donors (Lipinski definition) is 0. The zero-order valence-corrected chi connectivity index (χ0v) is 18.7. The quantitative estimate of drug-likeness (QED) is 0.420. The summed E-state index contributed by atoms with van der Waals surface area (Å²) >= 11 is 0. The number of nitrogens with zero attached hydrogens (tertiary/aromatic N) is 3. The molecular formula is C27H24FN3O3. The fraction of sp³-hybridized carbons (Fsp3) is 0.259. The summed E-state index contributed by atoms with van der Waals surface area (Å²) in [5.74, 6) is 1.85. The second kappa shape index (κ2) is 8.48. The molecule has 1 amide bonds. The van der Waals surface area contributed by atoms with Crippen LogP contribution >= 0.6 is 0 Å². The van der Waals surface area contributed by atoms with Crippen molar-refractivity contribution in [3.63, 3.8) is 0 Å². The van der Waals surface area contributed by atoms with Gasteiger partial charge >= 0.3 is 0 Å². The maximum Gasteiger partial charge on any atom is 0.253 e. The molecule has 34 heavy (non-hydrogen) atoms. The van der Waals surface area contributed by atoms with Gasteiger partial charge in [-0.3, -0.25) is 4.79 Å². The SMILES string of the molecule is O=C(c1ccc2nc(-c3ccc4c(c3)OCO4)n(Cc3cccc(F)c3)c2c1)N1CCCCC1. The topological polar surface area (TPSA) is 56.6 Å². The number of imidazole rings is 1. The van der Waals surface area contributed by atoms with Gasteiger partial charge in [-0.2, -0.15) is 0 Å². The highest BCUT2D eigenvalue weighted by molar-refractivity contribution is 5.98. The van der Waals surface area contributed by atoms with Crippen molar-refractivity contribution < 1.29 is 18.7 Å². The summed E-state index contributed by atoms with van der Waals surface area (Å²) in [6.45, 7) is 2.20. The maximum absolute atomic E-state index is 14.0. The summed E-state index contributed by atoms with van der Waals surface area (Å²) < 4.78 is 27.0. The molecule has 1 fully saturated rings. The fourth-order valence-electron chi connectivity index (χ4n) is 4.77. The number of amides is 1. The van der Waals surface area contributed by atoms with Gasteiger partial charge in [0.2, 0.25) is 6.79 Å². The first-order valence-electron chi connectivity index (χ1n) is 11.6. The van der Waals surface area contributed by atoms with Gasteiger partial charge in [0.15, 0.2) is 11.5 Å². The van der Waals surface area contributed by atoms with Crippen LogP contribution in [-0.4, -0.2) is 40.2 Å². The van der Waals surface area contributed by atoms with Crippen molar-refractivity contribution >= 4 is 16.9 Å². The van der Waals surface area contributed by atoms with Gasteiger partial charge in [0.05, 0.1) is 11.0 Å². The average Bonchev–Trinajstić information content (AvgIpc) is 3.48. The largest absolute Gasteiger partial charge is 0.454 e. The highest BCUT2D eigenvalue weighted by Crippen LogP contribution is 2.37. The highest BCUT2D eigenvalue weighted by Gasteiger charge is 2.22. The van der Waals surface area contributed by atoms with E-state index in [1.165, 1.54) is 18.6 Å². The second-order valence-corrected chi connectivity index (χ2v) is 8.78. The Labute approximate surface area is 196 Å². The number of benzene rings is 3. The molecule has 2 aliphatic rings. The van der Waals surface area contributed by atoms with Gasteiger partial charge in [0.25, 0.3) is 5.91 Å². The van der Waals surface area contributed by atoms with Crippen LogP contribution in [0.2, 0.25) is 0 Å². The smallest absolute Gasteiger partial charge is 0.253 e. The minimum absolute atomic E-state index is 0.0461. The molecule has 1 saturated heterocycles. The Morgan fingerprint density at radius 3 is 2.65 bits per heavy atom. The van der Waals surface area contributed by atoms with E-state index in [4.69, 9.17) is 14.5 Å².